The predicted molar refractivity (Wildman–Crippen MR) is 66.4 cm³/mol. The maximum Gasteiger partial charge on any atom is 0.347 e. The molecule has 0 aromatic carbocycles. The minimum atomic E-state index is -0.912. The van der Waals surface area contributed by atoms with E-state index in [4.69, 9.17) is 10.4 Å². The van der Waals surface area contributed by atoms with Gasteiger partial charge in [-0.05, 0) is 25.2 Å². The van der Waals surface area contributed by atoms with Crippen molar-refractivity contribution in [3.63, 3.8) is 0 Å². The Bertz CT molecular complexity index is 486. The van der Waals surface area contributed by atoms with E-state index in [1.54, 1.807) is 18.7 Å². The summed E-state index contributed by atoms with van der Waals surface area (Å²) in [5.74, 6) is -0.0444. The summed E-state index contributed by atoms with van der Waals surface area (Å²) >= 11 is 2.80. The zero-order valence-corrected chi connectivity index (χ0v) is 11.0. The number of carbonyl (C=O) groups is 1. The molecule has 90 valence electrons. The van der Waals surface area contributed by atoms with Crippen molar-refractivity contribution in [1.82, 2.24) is 4.98 Å². The molecule has 1 aromatic heterocycles. The lowest BCUT2D eigenvalue weighted by Gasteiger charge is -2.07. The molecule has 0 saturated heterocycles. The van der Waals surface area contributed by atoms with Gasteiger partial charge >= 0.3 is 5.97 Å². The summed E-state index contributed by atoms with van der Waals surface area (Å²) in [6, 6.07) is 2.22. The van der Waals surface area contributed by atoms with Crippen LogP contribution >= 0.6 is 23.1 Å². The van der Waals surface area contributed by atoms with Gasteiger partial charge < -0.3 is 5.11 Å². The van der Waals surface area contributed by atoms with Crippen LogP contribution in [0.5, 0.6) is 0 Å². The Morgan fingerprint density at radius 3 is 2.88 bits per heavy atom. The Morgan fingerprint density at radius 2 is 2.41 bits per heavy atom. The fourth-order valence-electron chi connectivity index (χ4n) is 1.56. The van der Waals surface area contributed by atoms with Crippen molar-refractivity contribution in [2.24, 2.45) is 5.41 Å². The summed E-state index contributed by atoms with van der Waals surface area (Å²) in [4.78, 5) is 15.4. The van der Waals surface area contributed by atoms with Gasteiger partial charge in [0.25, 0.3) is 0 Å². The largest absolute Gasteiger partial charge is 0.477 e. The molecule has 0 amide bonds. The summed E-state index contributed by atoms with van der Waals surface area (Å²) in [6.45, 7) is 1.71. The first kappa shape index (κ1) is 12.4. The van der Waals surface area contributed by atoms with E-state index in [1.807, 2.05) is 0 Å². The molecule has 17 heavy (non-hydrogen) atoms. The minimum Gasteiger partial charge on any atom is -0.477 e. The smallest absolute Gasteiger partial charge is 0.347 e. The van der Waals surface area contributed by atoms with Crippen LogP contribution in [0.1, 0.15) is 34.6 Å². The van der Waals surface area contributed by atoms with E-state index >= 15 is 0 Å². The van der Waals surface area contributed by atoms with Gasteiger partial charge in [-0.2, -0.15) is 5.26 Å². The second kappa shape index (κ2) is 4.67. The molecule has 1 aliphatic carbocycles. The molecule has 0 unspecified atom stereocenters. The number of carboxylic acid groups (broad SMARTS) is 1. The number of aromatic carboxylic acids is 1. The van der Waals surface area contributed by atoms with Crippen LogP contribution in [0, 0.1) is 23.7 Å². The van der Waals surface area contributed by atoms with Crippen LogP contribution in [-0.2, 0) is 0 Å². The highest BCUT2D eigenvalue weighted by atomic mass is 32.2. The van der Waals surface area contributed by atoms with Crippen LogP contribution in [0.3, 0.4) is 0 Å². The molecule has 2 rings (SSSR count). The van der Waals surface area contributed by atoms with E-state index in [0.717, 1.165) is 22.9 Å². The predicted octanol–water partition coefficient (Wildman–Crippen LogP) is 2.94. The minimum absolute atomic E-state index is 0.169. The lowest BCUT2D eigenvalue weighted by Crippen LogP contribution is -2.02. The number of hydrogen-bond donors (Lipinski definition) is 1. The first-order valence-corrected chi connectivity index (χ1v) is 7.07. The second-order valence-corrected chi connectivity index (χ2v) is 6.54. The zero-order chi connectivity index (χ0) is 12.5. The first-order valence-electron chi connectivity index (χ1n) is 5.27. The van der Waals surface area contributed by atoms with E-state index < -0.39 is 5.97 Å². The maximum atomic E-state index is 10.9. The van der Waals surface area contributed by atoms with Crippen molar-refractivity contribution < 1.29 is 9.90 Å². The number of aromatic nitrogens is 1. The van der Waals surface area contributed by atoms with Gasteiger partial charge in [0, 0.05) is 12.2 Å². The first-order chi connectivity index (χ1) is 8.06. The number of aryl methyl sites for hydroxylation is 1. The van der Waals surface area contributed by atoms with Crippen molar-refractivity contribution in [2.75, 3.05) is 5.75 Å². The van der Waals surface area contributed by atoms with Gasteiger partial charge in [-0.15, -0.1) is 11.3 Å². The molecule has 0 radical (unpaired) electrons. The van der Waals surface area contributed by atoms with Gasteiger partial charge in [-0.25, -0.2) is 9.78 Å². The number of thioether (sulfide) groups is 1. The molecular weight excluding hydrogens is 256 g/mol. The molecule has 1 aromatic rings. The van der Waals surface area contributed by atoms with Crippen molar-refractivity contribution >= 4 is 29.1 Å². The Labute approximate surface area is 108 Å². The third-order valence-electron chi connectivity index (χ3n) is 2.88. The molecule has 6 heteroatoms. The maximum absolute atomic E-state index is 10.9. The highest BCUT2D eigenvalue weighted by Crippen LogP contribution is 2.52. The summed E-state index contributed by atoms with van der Waals surface area (Å²) in [5, 5.41) is 17.6. The Hall–Kier alpha value is -1.06. The fraction of sp³-hybridized carbons (Fsp3) is 0.545. The number of carboxylic acids is 1. The van der Waals surface area contributed by atoms with E-state index in [0.29, 0.717) is 17.0 Å². The second-order valence-electron chi connectivity index (χ2n) is 4.32. The highest BCUT2D eigenvalue weighted by molar-refractivity contribution is 8.01. The number of hydrogen-bond acceptors (Lipinski definition) is 5. The van der Waals surface area contributed by atoms with E-state index in [-0.39, 0.29) is 5.41 Å². The summed E-state index contributed by atoms with van der Waals surface area (Å²) < 4.78 is 0.795. The van der Waals surface area contributed by atoms with Gasteiger partial charge in [0.05, 0.1) is 11.8 Å². The molecule has 1 aliphatic rings. The van der Waals surface area contributed by atoms with Crippen molar-refractivity contribution in [3.05, 3.63) is 10.6 Å². The van der Waals surface area contributed by atoms with Gasteiger partial charge in [0.1, 0.15) is 4.88 Å². The number of rotatable bonds is 5. The number of thiazole rings is 1. The van der Waals surface area contributed by atoms with Gasteiger partial charge in [0.2, 0.25) is 0 Å². The molecule has 1 heterocycles. The van der Waals surface area contributed by atoms with Crippen LogP contribution in [0.4, 0.5) is 0 Å². The van der Waals surface area contributed by atoms with Crippen LogP contribution in [0.25, 0.3) is 0 Å². The third kappa shape index (κ3) is 2.79. The molecule has 1 fully saturated rings. The molecular formula is C11H12N2O2S2. The SMILES string of the molecule is Cc1nc(SCC2(CC#N)CC2)sc1C(=O)O. The van der Waals surface area contributed by atoms with Crippen LogP contribution in [0.2, 0.25) is 0 Å². The molecule has 0 atom stereocenters. The van der Waals surface area contributed by atoms with Crippen molar-refractivity contribution in [2.45, 2.75) is 30.5 Å². The standard InChI is InChI=1S/C11H12N2O2S2/c1-7-8(9(14)15)17-10(13-7)16-6-11(2-3-11)4-5-12/h2-4,6H2,1H3,(H,14,15). The summed E-state index contributed by atoms with van der Waals surface area (Å²) in [7, 11) is 0. The average Bonchev–Trinajstić information content (AvgIpc) is 2.92. The van der Waals surface area contributed by atoms with Gasteiger partial charge in [-0.1, -0.05) is 11.8 Å². The fourth-order valence-corrected chi connectivity index (χ4v) is 3.89. The topological polar surface area (TPSA) is 74.0 Å². The zero-order valence-electron chi connectivity index (χ0n) is 9.39. The molecule has 0 aliphatic heterocycles. The van der Waals surface area contributed by atoms with Crippen molar-refractivity contribution in [3.8, 4) is 6.07 Å². The molecule has 1 N–H and O–H groups in total. The number of nitriles is 1. The average molecular weight is 268 g/mol. The summed E-state index contributed by atoms with van der Waals surface area (Å²) in [6.07, 6.45) is 2.80. The van der Waals surface area contributed by atoms with E-state index in [1.165, 1.54) is 11.3 Å². The Kier molecular flexibility index (Phi) is 3.40. The normalized spacial score (nSPS) is 16.5. The highest BCUT2D eigenvalue weighted by Gasteiger charge is 2.42. The number of nitrogens with zero attached hydrogens (tertiary/aromatic N) is 2. The van der Waals surface area contributed by atoms with Crippen LogP contribution < -0.4 is 0 Å². The van der Waals surface area contributed by atoms with E-state index in [9.17, 15) is 4.79 Å². The molecule has 0 bridgehead atoms. The van der Waals surface area contributed by atoms with Crippen LogP contribution in [0.15, 0.2) is 4.34 Å². The quantitative estimate of drug-likeness (QED) is 0.831. The summed E-state index contributed by atoms with van der Waals surface area (Å²) in [5.41, 5.74) is 0.748. The Morgan fingerprint density at radius 1 is 1.71 bits per heavy atom. The Balaban J connectivity index is 1.98. The van der Waals surface area contributed by atoms with E-state index in [2.05, 4.69) is 11.1 Å². The monoisotopic (exact) mass is 268 g/mol. The van der Waals surface area contributed by atoms with Gasteiger partial charge in [0.15, 0.2) is 4.34 Å². The molecule has 0 spiro atoms. The van der Waals surface area contributed by atoms with Crippen LogP contribution in [-0.4, -0.2) is 21.8 Å². The molecule has 1 saturated carbocycles. The lowest BCUT2D eigenvalue weighted by molar-refractivity contribution is 0.0701. The van der Waals surface area contributed by atoms with Gasteiger partial charge in [-0.3, -0.25) is 0 Å². The van der Waals surface area contributed by atoms with Crippen molar-refractivity contribution in [1.29, 1.82) is 5.26 Å². The molecule has 4 nitrogen and oxygen atoms in total. The lowest BCUT2D eigenvalue weighted by atomic mass is 10.1. The third-order valence-corrected chi connectivity index (χ3v) is 5.52.